The number of hydrogen-bond donors (Lipinski definition) is 0. The molecular weight excluding hydrogens is 236 g/mol. The molecule has 1 aliphatic heterocycles. The third-order valence-electron chi connectivity index (χ3n) is 5.02. The standard InChI is InChI=1S/C17H18O2/c18-15-14-10-11-19-16(14)17(15,13-8-4-5-9-13)12-6-2-1-3-7-12/h1-3,6-8,14,16H,4-5,9-11H2. The Morgan fingerprint density at radius 3 is 2.79 bits per heavy atom. The summed E-state index contributed by atoms with van der Waals surface area (Å²) in [5.41, 5.74) is 2.00. The van der Waals surface area contributed by atoms with Crippen LogP contribution in [0.15, 0.2) is 42.0 Å². The summed E-state index contributed by atoms with van der Waals surface area (Å²) < 4.78 is 5.94. The lowest BCUT2D eigenvalue weighted by Gasteiger charge is -2.50. The number of Topliss-reactive ketones (excluding diaryl/α,β-unsaturated/α-hetero) is 1. The van der Waals surface area contributed by atoms with Gasteiger partial charge in [-0.15, -0.1) is 0 Å². The fraction of sp³-hybridized carbons (Fsp3) is 0.471. The number of carbonyl (C=O) groups is 1. The van der Waals surface area contributed by atoms with Crippen molar-refractivity contribution in [2.75, 3.05) is 6.61 Å². The zero-order valence-corrected chi connectivity index (χ0v) is 11.0. The molecule has 3 unspecified atom stereocenters. The van der Waals surface area contributed by atoms with Crippen LogP contribution in [-0.4, -0.2) is 18.5 Å². The second kappa shape index (κ2) is 4.04. The molecule has 4 rings (SSSR count). The Kier molecular flexibility index (Phi) is 2.43. The van der Waals surface area contributed by atoms with Crippen molar-refractivity contribution >= 4 is 5.78 Å². The van der Waals surface area contributed by atoms with E-state index in [1.54, 1.807) is 0 Å². The zero-order valence-electron chi connectivity index (χ0n) is 11.0. The number of rotatable bonds is 2. The van der Waals surface area contributed by atoms with Crippen LogP contribution in [0.2, 0.25) is 0 Å². The van der Waals surface area contributed by atoms with Crippen LogP contribution in [0, 0.1) is 5.92 Å². The van der Waals surface area contributed by atoms with Gasteiger partial charge in [0.25, 0.3) is 0 Å². The van der Waals surface area contributed by atoms with E-state index in [2.05, 4.69) is 18.2 Å². The number of allylic oxidation sites excluding steroid dienone is 1. The van der Waals surface area contributed by atoms with Crippen molar-refractivity contribution in [1.82, 2.24) is 0 Å². The molecule has 0 radical (unpaired) electrons. The van der Waals surface area contributed by atoms with Gasteiger partial charge in [-0.2, -0.15) is 0 Å². The number of hydrogen-bond acceptors (Lipinski definition) is 2. The van der Waals surface area contributed by atoms with Gasteiger partial charge in [0.1, 0.15) is 5.41 Å². The molecular formula is C17H18O2. The van der Waals surface area contributed by atoms with E-state index < -0.39 is 5.41 Å². The molecule has 2 heteroatoms. The maximum absolute atomic E-state index is 12.8. The van der Waals surface area contributed by atoms with Gasteiger partial charge >= 0.3 is 0 Å². The van der Waals surface area contributed by atoms with E-state index in [0.717, 1.165) is 31.4 Å². The smallest absolute Gasteiger partial charge is 0.155 e. The van der Waals surface area contributed by atoms with Gasteiger partial charge in [-0.25, -0.2) is 0 Å². The molecule has 0 N–H and O–H groups in total. The first-order valence-electron chi connectivity index (χ1n) is 7.26. The topological polar surface area (TPSA) is 26.3 Å². The van der Waals surface area contributed by atoms with Crippen LogP contribution < -0.4 is 0 Å². The lowest BCUT2D eigenvalue weighted by Crippen LogP contribution is -2.64. The molecule has 1 heterocycles. The van der Waals surface area contributed by atoms with Crippen LogP contribution in [0.25, 0.3) is 0 Å². The molecule has 2 aliphatic carbocycles. The van der Waals surface area contributed by atoms with Crippen LogP contribution in [0.1, 0.15) is 31.2 Å². The highest BCUT2D eigenvalue weighted by Crippen LogP contribution is 2.56. The summed E-state index contributed by atoms with van der Waals surface area (Å²) in [6.07, 6.45) is 6.61. The highest BCUT2D eigenvalue weighted by Gasteiger charge is 2.66. The molecule has 1 saturated carbocycles. The minimum Gasteiger partial charge on any atom is -0.376 e. The molecule has 19 heavy (non-hydrogen) atoms. The molecule has 1 saturated heterocycles. The van der Waals surface area contributed by atoms with Gasteiger partial charge in [0, 0.05) is 12.5 Å². The normalized spacial score (nSPS) is 36.8. The van der Waals surface area contributed by atoms with E-state index in [1.807, 2.05) is 18.2 Å². The Morgan fingerprint density at radius 1 is 1.21 bits per heavy atom. The zero-order chi connectivity index (χ0) is 12.9. The van der Waals surface area contributed by atoms with Crippen LogP contribution >= 0.6 is 0 Å². The quantitative estimate of drug-likeness (QED) is 0.758. The first-order chi connectivity index (χ1) is 9.35. The molecule has 0 amide bonds. The van der Waals surface area contributed by atoms with Crippen LogP contribution in [0.5, 0.6) is 0 Å². The Bertz CT molecular complexity index is 546. The predicted molar refractivity (Wildman–Crippen MR) is 72.9 cm³/mol. The van der Waals surface area contributed by atoms with E-state index in [9.17, 15) is 4.79 Å². The van der Waals surface area contributed by atoms with E-state index in [1.165, 1.54) is 12.0 Å². The molecule has 1 aromatic rings. The predicted octanol–water partition coefficient (Wildman–Crippen LogP) is 3.02. The summed E-state index contributed by atoms with van der Waals surface area (Å²) in [6.45, 7) is 0.739. The van der Waals surface area contributed by atoms with Gasteiger partial charge in [0.15, 0.2) is 5.78 Å². The Balaban J connectivity index is 1.87. The summed E-state index contributed by atoms with van der Waals surface area (Å²) in [5.74, 6) is 0.538. The van der Waals surface area contributed by atoms with E-state index in [-0.39, 0.29) is 12.0 Å². The van der Waals surface area contributed by atoms with Crippen molar-refractivity contribution in [2.45, 2.75) is 37.2 Å². The number of ether oxygens (including phenoxy) is 1. The summed E-state index contributed by atoms with van der Waals surface area (Å²) in [4.78, 5) is 12.8. The second-order valence-electron chi connectivity index (χ2n) is 5.85. The number of benzene rings is 1. The molecule has 2 nitrogen and oxygen atoms in total. The second-order valence-corrected chi connectivity index (χ2v) is 5.85. The first kappa shape index (κ1) is 11.4. The molecule has 0 aromatic heterocycles. The van der Waals surface area contributed by atoms with Gasteiger partial charge in [-0.3, -0.25) is 4.79 Å². The number of ketones is 1. The minimum absolute atomic E-state index is 0.0896. The molecule has 1 aromatic carbocycles. The third kappa shape index (κ3) is 1.33. The fourth-order valence-electron chi connectivity index (χ4n) is 4.18. The van der Waals surface area contributed by atoms with Gasteiger partial charge < -0.3 is 4.74 Å². The fourth-order valence-corrected chi connectivity index (χ4v) is 4.18. The average Bonchev–Trinajstić information content (AvgIpc) is 3.11. The maximum Gasteiger partial charge on any atom is 0.155 e. The highest BCUT2D eigenvalue weighted by atomic mass is 16.5. The van der Waals surface area contributed by atoms with Crippen molar-refractivity contribution < 1.29 is 9.53 Å². The van der Waals surface area contributed by atoms with E-state index in [4.69, 9.17) is 4.74 Å². The molecule has 98 valence electrons. The van der Waals surface area contributed by atoms with Gasteiger partial charge in [0.2, 0.25) is 0 Å². The Labute approximate surface area is 113 Å². The molecule has 3 aliphatic rings. The first-order valence-corrected chi connectivity index (χ1v) is 7.26. The van der Waals surface area contributed by atoms with Crippen molar-refractivity contribution in [3.05, 3.63) is 47.5 Å². The minimum atomic E-state index is -0.446. The van der Waals surface area contributed by atoms with Gasteiger partial charge in [-0.05, 0) is 31.2 Å². The van der Waals surface area contributed by atoms with Crippen LogP contribution in [0.4, 0.5) is 0 Å². The van der Waals surface area contributed by atoms with E-state index in [0.29, 0.717) is 5.78 Å². The molecule has 2 fully saturated rings. The summed E-state index contributed by atoms with van der Waals surface area (Å²) >= 11 is 0. The van der Waals surface area contributed by atoms with E-state index >= 15 is 0 Å². The van der Waals surface area contributed by atoms with Crippen molar-refractivity contribution in [3.63, 3.8) is 0 Å². The Morgan fingerprint density at radius 2 is 2.05 bits per heavy atom. The molecule has 0 bridgehead atoms. The average molecular weight is 254 g/mol. The lowest BCUT2D eigenvalue weighted by molar-refractivity contribution is -0.148. The monoisotopic (exact) mass is 254 g/mol. The van der Waals surface area contributed by atoms with Crippen molar-refractivity contribution in [2.24, 2.45) is 5.92 Å². The highest BCUT2D eigenvalue weighted by molar-refractivity contribution is 6.03. The summed E-state index contributed by atoms with van der Waals surface area (Å²) in [6, 6.07) is 10.3. The van der Waals surface area contributed by atoms with Gasteiger partial charge in [-0.1, -0.05) is 42.0 Å². The SMILES string of the molecule is O=C1C2CCOC2C1(C1=CCCC1)c1ccccc1. The van der Waals surface area contributed by atoms with Crippen LogP contribution in [0.3, 0.4) is 0 Å². The van der Waals surface area contributed by atoms with Crippen molar-refractivity contribution in [1.29, 1.82) is 0 Å². The number of fused-ring (bicyclic) bond motifs is 1. The molecule has 3 atom stereocenters. The summed E-state index contributed by atoms with van der Waals surface area (Å²) in [7, 11) is 0. The molecule has 0 spiro atoms. The maximum atomic E-state index is 12.8. The Hall–Kier alpha value is -1.41. The van der Waals surface area contributed by atoms with Crippen molar-refractivity contribution in [3.8, 4) is 0 Å². The third-order valence-corrected chi connectivity index (χ3v) is 5.02. The van der Waals surface area contributed by atoms with Gasteiger partial charge in [0.05, 0.1) is 6.10 Å². The summed E-state index contributed by atoms with van der Waals surface area (Å²) in [5, 5.41) is 0. The lowest BCUT2D eigenvalue weighted by atomic mass is 9.52. The number of carbonyl (C=O) groups excluding carboxylic acids is 1. The van der Waals surface area contributed by atoms with Crippen LogP contribution in [-0.2, 0) is 14.9 Å². The largest absolute Gasteiger partial charge is 0.376 e.